The monoisotopic (exact) mass is 214 g/mol. The van der Waals surface area contributed by atoms with Crippen molar-refractivity contribution in [2.75, 3.05) is 5.73 Å². The minimum absolute atomic E-state index is 0.302. The molecule has 2 N–H and O–H groups in total. The lowest BCUT2D eigenvalue weighted by Gasteiger charge is -2.01. The molecule has 0 bridgehead atoms. The second-order valence-electron chi connectivity index (χ2n) is 3.35. The maximum atomic E-state index is 8.74. The molecule has 0 aliphatic carbocycles. The number of nitrogens with two attached hydrogens (primary N) is 1. The highest BCUT2D eigenvalue weighted by Crippen LogP contribution is 2.17. The van der Waals surface area contributed by atoms with Gasteiger partial charge in [-0.25, -0.2) is 14.6 Å². The van der Waals surface area contributed by atoms with Crippen molar-refractivity contribution < 1.29 is 0 Å². The fourth-order valence-corrected chi connectivity index (χ4v) is 1.36. The van der Waals surface area contributed by atoms with Crippen LogP contribution in [0.1, 0.15) is 17.1 Å². The lowest BCUT2D eigenvalue weighted by molar-refractivity contribution is 0.772. The van der Waals surface area contributed by atoms with Gasteiger partial charge in [0.05, 0.1) is 17.1 Å². The van der Waals surface area contributed by atoms with E-state index >= 15 is 0 Å². The first-order chi connectivity index (χ1) is 7.63. The Bertz CT molecular complexity index is 577. The van der Waals surface area contributed by atoms with Gasteiger partial charge in [0.1, 0.15) is 11.8 Å². The molecule has 0 spiro atoms. The van der Waals surface area contributed by atoms with Crippen LogP contribution in [0.5, 0.6) is 0 Å². The second kappa shape index (κ2) is 3.62. The van der Waals surface area contributed by atoms with Crippen LogP contribution in [0, 0.1) is 25.2 Å². The molecule has 0 radical (unpaired) electrons. The molecule has 0 amide bonds. The maximum absolute atomic E-state index is 8.74. The van der Waals surface area contributed by atoms with E-state index in [1.54, 1.807) is 6.07 Å². The fraction of sp³-hybridized carbons (Fsp3) is 0.200. The van der Waals surface area contributed by atoms with Gasteiger partial charge in [-0.15, -0.1) is 0 Å². The summed E-state index contributed by atoms with van der Waals surface area (Å²) in [5.74, 6) is 0.358. The van der Waals surface area contributed by atoms with E-state index in [0.717, 1.165) is 11.4 Å². The minimum Gasteiger partial charge on any atom is -0.396 e. The summed E-state index contributed by atoms with van der Waals surface area (Å²) in [4.78, 5) is 8.10. The van der Waals surface area contributed by atoms with Gasteiger partial charge in [-0.1, -0.05) is 0 Å². The Kier molecular flexibility index (Phi) is 2.29. The summed E-state index contributed by atoms with van der Waals surface area (Å²) in [5.41, 5.74) is 8.22. The van der Waals surface area contributed by atoms with Crippen LogP contribution < -0.4 is 5.73 Å². The summed E-state index contributed by atoms with van der Waals surface area (Å²) in [7, 11) is 0. The van der Waals surface area contributed by atoms with Gasteiger partial charge in [0.2, 0.25) is 0 Å². The van der Waals surface area contributed by atoms with Gasteiger partial charge >= 0.3 is 0 Å². The van der Waals surface area contributed by atoms with E-state index in [0.29, 0.717) is 17.3 Å². The maximum Gasteiger partial charge on any atom is 0.252 e. The molecular formula is C10H10N6. The van der Waals surface area contributed by atoms with E-state index in [4.69, 9.17) is 11.0 Å². The van der Waals surface area contributed by atoms with Crippen LogP contribution in [0.15, 0.2) is 12.3 Å². The smallest absolute Gasteiger partial charge is 0.252 e. The SMILES string of the molecule is Cc1nn(-c2nccc(C#N)n2)c(C)c1N. The summed E-state index contributed by atoms with van der Waals surface area (Å²) in [6.45, 7) is 3.64. The Hall–Kier alpha value is -2.42. The molecule has 2 heterocycles. The Morgan fingerprint density at radius 1 is 1.44 bits per heavy atom. The summed E-state index contributed by atoms with van der Waals surface area (Å²) < 4.78 is 1.53. The standard InChI is InChI=1S/C10H10N6/c1-6-9(12)7(2)16(15-6)10-13-4-3-8(5-11)14-10/h3-4H,12H2,1-2H3. The highest BCUT2D eigenvalue weighted by molar-refractivity contribution is 5.48. The van der Waals surface area contributed by atoms with Crippen molar-refractivity contribution in [1.29, 1.82) is 5.26 Å². The quantitative estimate of drug-likeness (QED) is 0.755. The Balaban J connectivity index is 2.59. The third-order valence-electron chi connectivity index (χ3n) is 2.29. The third kappa shape index (κ3) is 1.48. The van der Waals surface area contributed by atoms with Crippen LogP contribution in [-0.4, -0.2) is 19.7 Å². The Morgan fingerprint density at radius 3 is 2.75 bits per heavy atom. The lowest BCUT2D eigenvalue weighted by Crippen LogP contribution is -2.05. The Morgan fingerprint density at radius 2 is 2.19 bits per heavy atom. The van der Waals surface area contributed by atoms with E-state index in [-0.39, 0.29) is 0 Å². The summed E-state index contributed by atoms with van der Waals surface area (Å²) in [5, 5.41) is 13.0. The highest BCUT2D eigenvalue weighted by atomic mass is 15.4. The first-order valence-electron chi connectivity index (χ1n) is 4.68. The van der Waals surface area contributed by atoms with E-state index in [1.807, 2.05) is 19.9 Å². The van der Waals surface area contributed by atoms with E-state index in [1.165, 1.54) is 10.9 Å². The number of nitrogen functional groups attached to an aromatic ring is 1. The largest absolute Gasteiger partial charge is 0.396 e. The fourth-order valence-electron chi connectivity index (χ4n) is 1.36. The van der Waals surface area contributed by atoms with Gasteiger partial charge in [-0.3, -0.25) is 0 Å². The molecule has 80 valence electrons. The molecule has 6 heteroatoms. The number of hydrogen-bond acceptors (Lipinski definition) is 5. The van der Waals surface area contributed by atoms with E-state index in [2.05, 4.69) is 15.1 Å². The molecular weight excluding hydrogens is 204 g/mol. The summed E-state index contributed by atoms with van der Waals surface area (Å²) >= 11 is 0. The van der Waals surface area contributed by atoms with Crippen molar-refractivity contribution in [2.45, 2.75) is 13.8 Å². The average molecular weight is 214 g/mol. The van der Waals surface area contributed by atoms with E-state index in [9.17, 15) is 0 Å². The molecule has 0 atom stereocenters. The van der Waals surface area contributed by atoms with Crippen LogP contribution in [0.25, 0.3) is 5.95 Å². The van der Waals surface area contributed by atoms with Crippen LogP contribution in [0.3, 0.4) is 0 Å². The molecule has 0 unspecified atom stereocenters. The molecule has 6 nitrogen and oxygen atoms in total. The topological polar surface area (TPSA) is 93.4 Å². The zero-order chi connectivity index (χ0) is 11.7. The lowest BCUT2D eigenvalue weighted by atomic mass is 10.3. The third-order valence-corrected chi connectivity index (χ3v) is 2.29. The first-order valence-corrected chi connectivity index (χ1v) is 4.68. The van der Waals surface area contributed by atoms with Crippen LogP contribution in [-0.2, 0) is 0 Å². The normalized spacial score (nSPS) is 10.1. The second-order valence-corrected chi connectivity index (χ2v) is 3.35. The average Bonchev–Trinajstić information content (AvgIpc) is 2.57. The first kappa shape index (κ1) is 10.1. The summed E-state index contributed by atoms with van der Waals surface area (Å²) in [6, 6.07) is 3.49. The highest BCUT2D eigenvalue weighted by Gasteiger charge is 2.11. The molecule has 0 saturated heterocycles. The molecule has 0 aliphatic heterocycles. The number of aryl methyl sites for hydroxylation is 1. The van der Waals surface area contributed by atoms with Crippen molar-refractivity contribution >= 4 is 5.69 Å². The van der Waals surface area contributed by atoms with Crippen molar-refractivity contribution in [2.24, 2.45) is 0 Å². The van der Waals surface area contributed by atoms with Gasteiger partial charge in [0, 0.05) is 6.20 Å². The molecule has 2 aromatic rings. The number of nitrogens with zero attached hydrogens (tertiary/aromatic N) is 5. The Labute approximate surface area is 92.4 Å². The van der Waals surface area contributed by atoms with Crippen molar-refractivity contribution in [3.8, 4) is 12.0 Å². The van der Waals surface area contributed by atoms with E-state index < -0.39 is 0 Å². The molecule has 2 rings (SSSR count). The number of nitriles is 1. The molecule has 0 fully saturated rings. The zero-order valence-electron chi connectivity index (χ0n) is 8.97. The van der Waals surface area contributed by atoms with Crippen molar-refractivity contribution in [3.63, 3.8) is 0 Å². The molecule has 16 heavy (non-hydrogen) atoms. The number of aromatic nitrogens is 4. The van der Waals surface area contributed by atoms with Crippen LogP contribution >= 0.6 is 0 Å². The number of anilines is 1. The predicted octanol–water partition coefficient (Wildman–Crippen LogP) is 0.733. The number of rotatable bonds is 1. The van der Waals surface area contributed by atoms with Crippen molar-refractivity contribution in [3.05, 3.63) is 29.3 Å². The van der Waals surface area contributed by atoms with Gasteiger partial charge < -0.3 is 5.73 Å². The molecule has 0 saturated carbocycles. The van der Waals surface area contributed by atoms with Crippen LogP contribution in [0.4, 0.5) is 5.69 Å². The van der Waals surface area contributed by atoms with Gasteiger partial charge in [0.25, 0.3) is 5.95 Å². The molecule has 2 aromatic heterocycles. The van der Waals surface area contributed by atoms with Crippen molar-refractivity contribution in [1.82, 2.24) is 19.7 Å². The zero-order valence-corrected chi connectivity index (χ0v) is 8.97. The van der Waals surface area contributed by atoms with Gasteiger partial charge in [0.15, 0.2) is 0 Å². The minimum atomic E-state index is 0.302. The molecule has 0 aliphatic rings. The molecule has 0 aromatic carbocycles. The number of hydrogen-bond donors (Lipinski definition) is 1. The van der Waals surface area contributed by atoms with Gasteiger partial charge in [-0.2, -0.15) is 10.4 Å². The predicted molar refractivity (Wildman–Crippen MR) is 57.8 cm³/mol. The van der Waals surface area contributed by atoms with Gasteiger partial charge in [-0.05, 0) is 19.9 Å². The van der Waals surface area contributed by atoms with Crippen LogP contribution in [0.2, 0.25) is 0 Å². The summed E-state index contributed by atoms with van der Waals surface area (Å²) in [6.07, 6.45) is 1.52.